The van der Waals surface area contributed by atoms with Crippen molar-refractivity contribution in [3.63, 3.8) is 0 Å². The van der Waals surface area contributed by atoms with E-state index in [4.69, 9.17) is 9.72 Å². The summed E-state index contributed by atoms with van der Waals surface area (Å²) in [4.78, 5) is 22.1. The van der Waals surface area contributed by atoms with Crippen molar-refractivity contribution in [2.45, 2.75) is 32.4 Å². The van der Waals surface area contributed by atoms with Gasteiger partial charge in [0.05, 0.1) is 48.4 Å². The smallest absolute Gasteiger partial charge is 0.251 e. The molecule has 0 bridgehead atoms. The predicted molar refractivity (Wildman–Crippen MR) is 127 cm³/mol. The van der Waals surface area contributed by atoms with E-state index < -0.39 is 5.41 Å². The number of carbonyl (C=O) groups excluding carboxylic acids is 1. The van der Waals surface area contributed by atoms with Crippen LogP contribution in [0.3, 0.4) is 0 Å². The third kappa shape index (κ3) is 3.91. The van der Waals surface area contributed by atoms with Gasteiger partial charge in [0.1, 0.15) is 5.41 Å². The van der Waals surface area contributed by atoms with Crippen molar-refractivity contribution in [1.29, 1.82) is 5.26 Å². The number of carbonyl (C=O) groups is 1. The van der Waals surface area contributed by atoms with Gasteiger partial charge in [-0.1, -0.05) is 6.07 Å². The lowest BCUT2D eigenvalue weighted by atomic mass is 9.79. The van der Waals surface area contributed by atoms with Gasteiger partial charge in [-0.2, -0.15) is 10.4 Å². The number of aromatic nitrogens is 4. The molecule has 0 saturated heterocycles. The molecule has 4 heterocycles. The largest absolute Gasteiger partial charge is 0.375 e. The lowest BCUT2D eigenvalue weighted by Gasteiger charge is -2.30. The molecule has 1 aliphatic rings. The molecule has 0 saturated carbocycles. The zero-order valence-corrected chi connectivity index (χ0v) is 19.3. The number of ether oxygens (including phenoxy) is 1. The fourth-order valence-corrected chi connectivity index (χ4v) is 4.32. The molecule has 3 aromatic heterocycles. The summed E-state index contributed by atoms with van der Waals surface area (Å²) in [6.07, 6.45) is 3.72. The molecule has 0 fully saturated rings. The summed E-state index contributed by atoms with van der Waals surface area (Å²) in [5.41, 5.74) is 5.79. The molecular formula is C26H24N6O2. The van der Waals surface area contributed by atoms with Gasteiger partial charge in [-0.05, 0) is 55.3 Å². The van der Waals surface area contributed by atoms with Gasteiger partial charge in [0.2, 0.25) is 0 Å². The normalized spacial score (nSPS) is 17.2. The first kappa shape index (κ1) is 21.7. The maximum atomic E-state index is 12.9. The van der Waals surface area contributed by atoms with Crippen LogP contribution in [0.15, 0.2) is 48.8 Å². The number of nitrogens with one attached hydrogen (secondary N) is 1. The summed E-state index contributed by atoms with van der Waals surface area (Å²) >= 11 is 0. The Bertz CT molecular complexity index is 1470. The van der Waals surface area contributed by atoms with Crippen LogP contribution < -0.4 is 5.32 Å². The monoisotopic (exact) mass is 452 g/mol. The summed E-state index contributed by atoms with van der Waals surface area (Å²) in [6.45, 7) is 4.82. The first-order valence-electron chi connectivity index (χ1n) is 11.0. The van der Waals surface area contributed by atoms with Gasteiger partial charge in [0.25, 0.3) is 5.91 Å². The minimum Gasteiger partial charge on any atom is -0.375 e. The molecule has 1 amide bonds. The topological polar surface area (TPSA) is 106 Å². The summed E-state index contributed by atoms with van der Waals surface area (Å²) in [5, 5.41) is 17.9. The Balaban J connectivity index is 1.36. The molecule has 1 aliphatic heterocycles. The van der Waals surface area contributed by atoms with Crippen molar-refractivity contribution < 1.29 is 9.53 Å². The highest BCUT2D eigenvalue weighted by molar-refractivity contribution is 5.94. The lowest BCUT2D eigenvalue weighted by molar-refractivity contribution is 0.0757. The maximum absolute atomic E-state index is 12.9. The summed E-state index contributed by atoms with van der Waals surface area (Å²) in [6, 6.07) is 13.6. The molecule has 1 atom stereocenters. The predicted octanol–water partition coefficient (Wildman–Crippen LogP) is 3.58. The molecule has 8 nitrogen and oxygen atoms in total. The van der Waals surface area contributed by atoms with E-state index in [0.29, 0.717) is 24.5 Å². The Morgan fingerprint density at radius 3 is 2.91 bits per heavy atom. The Morgan fingerprint density at radius 1 is 1.29 bits per heavy atom. The number of benzene rings is 1. The van der Waals surface area contributed by atoms with Gasteiger partial charge in [-0.25, -0.2) is 4.98 Å². The van der Waals surface area contributed by atoms with Crippen molar-refractivity contribution in [3.05, 3.63) is 76.9 Å². The number of nitrogens with zero attached hydrogens (tertiary/aromatic N) is 5. The van der Waals surface area contributed by atoms with Gasteiger partial charge < -0.3 is 10.1 Å². The van der Waals surface area contributed by atoms with Crippen LogP contribution in [-0.4, -0.2) is 32.3 Å². The molecule has 0 unspecified atom stereocenters. The van der Waals surface area contributed by atoms with E-state index >= 15 is 0 Å². The molecule has 5 rings (SSSR count). The third-order valence-corrected chi connectivity index (χ3v) is 6.21. The Kier molecular flexibility index (Phi) is 5.34. The number of hydrogen-bond donors (Lipinski definition) is 1. The average molecular weight is 453 g/mol. The van der Waals surface area contributed by atoms with Crippen LogP contribution in [0.1, 0.15) is 39.8 Å². The van der Waals surface area contributed by atoms with Crippen LogP contribution >= 0.6 is 0 Å². The summed E-state index contributed by atoms with van der Waals surface area (Å²) in [5.74, 6) is -0.218. The second kappa shape index (κ2) is 8.36. The molecule has 0 spiro atoms. The van der Waals surface area contributed by atoms with Gasteiger partial charge in [-0.15, -0.1) is 0 Å². The fraction of sp³-hybridized carbons (Fsp3) is 0.269. The van der Waals surface area contributed by atoms with Crippen LogP contribution in [0.2, 0.25) is 0 Å². The SMILES string of the molecule is Cc1nn(C)cc1-c1ccc2cnc(CNC(=O)c3ccc4c(c3)[C@](C)(C#N)COC4)cc2n1. The van der Waals surface area contributed by atoms with Crippen molar-refractivity contribution >= 4 is 16.8 Å². The van der Waals surface area contributed by atoms with Crippen molar-refractivity contribution in [1.82, 2.24) is 25.1 Å². The average Bonchev–Trinajstić information content (AvgIpc) is 3.19. The molecular weight excluding hydrogens is 428 g/mol. The number of pyridine rings is 2. The highest BCUT2D eigenvalue weighted by atomic mass is 16.5. The number of fused-ring (bicyclic) bond motifs is 2. The molecule has 170 valence electrons. The standard InChI is InChI=1S/C26H24N6O2/c1-16-21(12-32(3)31-16)23-7-6-18-10-28-20(9-24(18)30-23)11-29-25(33)17-4-5-19-13-34-15-26(2,14-27)22(19)8-17/h4-10,12H,11,13,15H2,1-3H3,(H,29,33)/t26-/m1/s1. The minimum absolute atomic E-state index is 0.218. The Labute approximate surface area is 197 Å². The van der Waals surface area contributed by atoms with Crippen LogP contribution in [0, 0.1) is 18.3 Å². The van der Waals surface area contributed by atoms with Gasteiger partial charge in [0, 0.05) is 36.0 Å². The van der Waals surface area contributed by atoms with Crippen LogP contribution in [0.25, 0.3) is 22.2 Å². The third-order valence-electron chi connectivity index (χ3n) is 6.21. The van der Waals surface area contributed by atoms with E-state index in [-0.39, 0.29) is 12.5 Å². The van der Waals surface area contributed by atoms with E-state index in [1.807, 2.05) is 51.4 Å². The fourth-order valence-electron chi connectivity index (χ4n) is 4.32. The minimum atomic E-state index is -0.764. The number of nitriles is 1. The molecule has 1 aromatic carbocycles. The van der Waals surface area contributed by atoms with Crippen LogP contribution in [-0.2, 0) is 30.4 Å². The van der Waals surface area contributed by atoms with Crippen LogP contribution in [0.4, 0.5) is 0 Å². The number of amides is 1. The van der Waals surface area contributed by atoms with E-state index in [0.717, 1.165) is 39.0 Å². The molecule has 4 aromatic rings. The Hall–Kier alpha value is -4.09. The quantitative estimate of drug-likeness (QED) is 0.507. The first-order valence-corrected chi connectivity index (χ1v) is 11.0. The van der Waals surface area contributed by atoms with E-state index in [1.165, 1.54) is 0 Å². The summed E-state index contributed by atoms with van der Waals surface area (Å²) < 4.78 is 7.32. The second-order valence-electron chi connectivity index (χ2n) is 8.86. The Morgan fingerprint density at radius 2 is 2.15 bits per heavy atom. The zero-order valence-electron chi connectivity index (χ0n) is 19.3. The van der Waals surface area contributed by atoms with E-state index in [9.17, 15) is 10.1 Å². The van der Waals surface area contributed by atoms with Gasteiger partial charge >= 0.3 is 0 Å². The second-order valence-corrected chi connectivity index (χ2v) is 8.86. The molecule has 8 heteroatoms. The maximum Gasteiger partial charge on any atom is 0.251 e. The molecule has 34 heavy (non-hydrogen) atoms. The highest BCUT2D eigenvalue weighted by Gasteiger charge is 2.33. The molecule has 0 radical (unpaired) electrons. The van der Waals surface area contributed by atoms with Gasteiger partial charge in [-0.3, -0.25) is 14.5 Å². The summed E-state index contributed by atoms with van der Waals surface area (Å²) in [7, 11) is 1.89. The number of hydrogen-bond acceptors (Lipinski definition) is 6. The number of rotatable bonds is 4. The number of aryl methyl sites for hydroxylation is 2. The van der Waals surface area contributed by atoms with Crippen molar-refractivity contribution in [2.24, 2.45) is 7.05 Å². The lowest BCUT2D eigenvalue weighted by Crippen LogP contribution is -2.33. The van der Waals surface area contributed by atoms with Crippen LogP contribution in [0.5, 0.6) is 0 Å². The van der Waals surface area contributed by atoms with E-state index in [1.54, 1.807) is 23.0 Å². The van der Waals surface area contributed by atoms with Gasteiger partial charge in [0.15, 0.2) is 0 Å². The van der Waals surface area contributed by atoms with E-state index in [2.05, 4.69) is 21.5 Å². The molecule has 1 N–H and O–H groups in total. The molecule has 0 aliphatic carbocycles. The van der Waals surface area contributed by atoms with Crippen molar-refractivity contribution in [2.75, 3.05) is 6.61 Å². The van der Waals surface area contributed by atoms with Crippen molar-refractivity contribution in [3.8, 4) is 17.3 Å². The zero-order chi connectivity index (χ0) is 23.9. The highest BCUT2D eigenvalue weighted by Crippen LogP contribution is 2.32. The first-order chi connectivity index (χ1) is 16.4.